The van der Waals surface area contributed by atoms with Crippen molar-refractivity contribution in [2.24, 2.45) is 0 Å². The van der Waals surface area contributed by atoms with E-state index < -0.39 is 5.91 Å². The van der Waals surface area contributed by atoms with Crippen molar-refractivity contribution in [3.8, 4) is 0 Å². The Morgan fingerprint density at radius 3 is 2.61 bits per heavy atom. The lowest BCUT2D eigenvalue weighted by molar-refractivity contribution is 0.102. The zero-order valence-corrected chi connectivity index (χ0v) is 13.3. The van der Waals surface area contributed by atoms with Crippen LogP contribution in [0.3, 0.4) is 0 Å². The van der Waals surface area contributed by atoms with Crippen LogP contribution in [0.25, 0.3) is 5.65 Å². The molecule has 0 atom stereocenters. The van der Waals surface area contributed by atoms with Gasteiger partial charge in [-0.05, 0) is 55.7 Å². The van der Waals surface area contributed by atoms with Crippen molar-refractivity contribution >= 4 is 17.2 Å². The zero-order chi connectivity index (χ0) is 16.6. The minimum Gasteiger partial charge on any atom is -0.322 e. The van der Waals surface area contributed by atoms with E-state index >= 15 is 0 Å². The molecule has 1 N–H and O–H groups in total. The summed E-state index contributed by atoms with van der Waals surface area (Å²) >= 11 is 0. The molecule has 2 heterocycles. The van der Waals surface area contributed by atoms with Crippen LogP contribution in [0.5, 0.6) is 0 Å². The van der Waals surface area contributed by atoms with Crippen LogP contribution in [-0.2, 0) is 0 Å². The van der Waals surface area contributed by atoms with Crippen LogP contribution in [-0.4, -0.2) is 15.3 Å². The van der Waals surface area contributed by atoms with E-state index in [0.29, 0.717) is 11.3 Å². The minimum atomic E-state index is -0.457. The highest BCUT2D eigenvalue weighted by atomic mass is 16.2. The van der Waals surface area contributed by atoms with Crippen molar-refractivity contribution in [1.29, 1.82) is 0 Å². The molecule has 5 heteroatoms. The molecular weight excluding hydrogens is 290 g/mol. The monoisotopic (exact) mass is 307 g/mol. The lowest BCUT2D eigenvalue weighted by atomic mass is 10.1. The van der Waals surface area contributed by atoms with Crippen LogP contribution in [0, 0.1) is 20.8 Å². The molecule has 2 aromatic heterocycles. The Morgan fingerprint density at radius 2 is 1.87 bits per heavy atom. The van der Waals surface area contributed by atoms with E-state index in [4.69, 9.17) is 0 Å². The second-order valence-electron chi connectivity index (χ2n) is 5.66. The van der Waals surface area contributed by atoms with Crippen molar-refractivity contribution in [2.75, 3.05) is 5.32 Å². The number of hydrogen-bond donors (Lipinski definition) is 1. The van der Waals surface area contributed by atoms with Crippen LogP contribution in [0.15, 0.2) is 47.5 Å². The summed E-state index contributed by atoms with van der Waals surface area (Å²) in [6.45, 7) is 5.86. The van der Waals surface area contributed by atoms with Gasteiger partial charge in [0.25, 0.3) is 11.5 Å². The van der Waals surface area contributed by atoms with Gasteiger partial charge in [0.1, 0.15) is 11.2 Å². The molecule has 1 amide bonds. The first-order valence-corrected chi connectivity index (χ1v) is 7.32. The summed E-state index contributed by atoms with van der Waals surface area (Å²) in [5.41, 5.74) is 3.97. The number of nitrogens with one attached hydrogen (secondary N) is 1. The Labute approximate surface area is 133 Å². The van der Waals surface area contributed by atoms with Gasteiger partial charge in [-0.25, -0.2) is 4.98 Å². The van der Waals surface area contributed by atoms with E-state index in [1.807, 2.05) is 45.0 Å². The molecule has 0 saturated heterocycles. The number of carbonyl (C=O) groups is 1. The Bertz CT molecular complexity index is 974. The third-order valence-corrected chi connectivity index (χ3v) is 3.86. The summed E-state index contributed by atoms with van der Waals surface area (Å²) < 4.78 is 1.39. The Hall–Kier alpha value is -2.95. The van der Waals surface area contributed by atoms with Crippen LogP contribution in [0.4, 0.5) is 5.69 Å². The van der Waals surface area contributed by atoms with E-state index in [1.165, 1.54) is 10.6 Å². The molecule has 1 aromatic carbocycles. The number of nitrogens with zero attached hydrogens (tertiary/aromatic N) is 2. The number of aromatic nitrogens is 2. The van der Waals surface area contributed by atoms with E-state index in [0.717, 1.165) is 16.7 Å². The lowest BCUT2D eigenvalue weighted by Crippen LogP contribution is -2.26. The van der Waals surface area contributed by atoms with Gasteiger partial charge in [0.15, 0.2) is 0 Å². The third kappa shape index (κ3) is 2.85. The molecule has 0 saturated carbocycles. The fraction of sp³-hybridized carbons (Fsp3) is 0.167. The Balaban J connectivity index is 1.99. The summed E-state index contributed by atoms with van der Waals surface area (Å²) in [7, 11) is 0. The SMILES string of the molecule is Cc1ccc2ncc(C(=O)Nc3ccc(C)c(C)c3)c(=O)n2c1. The quantitative estimate of drug-likeness (QED) is 0.792. The molecule has 0 aliphatic carbocycles. The molecule has 23 heavy (non-hydrogen) atoms. The van der Waals surface area contributed by atoms with Crippen molar-refractivity contribution in [1.82, 2.24) is 9.38 Å². The third-order valence-electron chi connectivity index (χ3n) is 3.86. The normalized spacial score (nSPS) is 10.7. The molecule has 0 radical (unpaired) electrons. The number of carbonyl (C=O) groups excluding carboxylic acids is 1. The number of rotatable bonds is 2. The highest BCUT2D eigenvalue weighted by Crippen LogP contribution is 2.14. The summed E-state index contributed by atoms with van der Waals surface area (Å²) in [6, 6.07) is 9.25. The van der Waals surface area contributed by atoms with Gasteiger partial charge in [-0.2, -0.15) is 0 Å². The van der Waals surface area contributed by atoms with Gasteiger partial charge in [0.2, 0.25) is 0 Å². The van der Waals surface area contributed by atoms with E-state index in [-0.39, 0.29) is 11.1 Å². The maximum absolute atomic E-state index is 12.5. The lowest BCUT2D eigenvalue weighted by Gasteiger charge is -2.08. The van der Waals surface area contributed by atoms with Gasteiger partial charge in [-0.3, -0.25) is 14.0 Å². The topological polar surface area (TPSA) is 63.5 Å². The number of amides is 1. The smallest absolute Gasteiger partial charge is 0.270 e. The predicted molar refractivity (Wildman–Crippen MR) is 90.1 cm³/mol. The molecule has 5 nitrogen and oxygen atoms in total. The van der Waals surface area contributed by atoms with Gasteiger partial charge in [0.05, 0.1) is 0 Å². The highest BCUT2D eigenvalue weighted by molar-refractivity contribution is 6.04. The predicted octanol–water partition coefficient (Wildman–Crippen LogP) is 2.87. The molecular formula is C18H17N3O2. The number of anilines is 1. The molecule has 3 aromatic rings. The maximum atomic E-state index is 12.5. The van der Waals surface area contributed by atoms with E-state index in [9.17, 15) is 9.59 Å². The number of aryl methyl sites for hydroxylation is 3. The average molecular weight is 307 g/mol. The molecule has 0 aliphatic rings. The minimum absolute atomic E-state index is 0.0197. The summed E-state index contributed by atoms with van der Waals surface area (Å²) in [4.78, 5) is 29.1. The van der Waals surface area contributed by atoms with E-state index in [2.05, 4.69) is 10.3 Å². The molecule has 0 spiro atoms. The highest BCUT2D eigenvalue weighted by Gasteiger charge is 2.13. The first-order valence-electron chi connectivity index (χ1n) is 7.32. The van der Waals surface area contributed by atoms with Crippen molar-refractivity contribution in [3.63, 3.8) is 0 Å². The summed E-state index contributed by atoms with van der Waals surface area (Å²) in [6.07, 6.45) is 3.00. The van der Waals surface area contributed by atoms with Gasteiger partial charge in [-0.1, -0.05) is 12.1 Å². The number of pyridine rings is 1. The Kier molecular flexibility index (Phi) is 3.70. The maximum Gasteiger partial charge on any atom is 0.270 e. The molecule has 0 unspecified atom stereocenters. The second-order valence-corrected chi connectivity index (χ2v) is 5.66. The summed E-state index contributed by atoms with van der Waals surface area (Å²) in [5, 5.41) is 2.75. The zero-order valence-electron chi connectivity index (χ0n) is 13.3. The fourth-order valence-electron chi connectivity index (χ4n) is 2.36. The van der Waals surface area contributed by atoms with Gasteiger partial charge < -0.3 is 5.32 Å². The van der Waals surface area contributed by atoms with Gasteiger partial charge >= 0.3 is 0 Å². The number of benzene rings is 1. The van der Waals surface area contributed by atoms with Gasteiger partial charge in [-0.15, -0.1) is 0 Å². The van der Waals surface area contributed by atoms with Crippen LogP contribution in [0.1, 0.15) is 27.0 Å². The second kappa shape index (κ2) is 5.68. The first-order chi connectivity index (χ1) is 11.0. The van der Waals surface area contributed by atoms with Crippen LogP contribution < -0.4 is 10.9 Å². The van der Waals surface area contributed by atoms with Crippen molar-refractivity contribution in [3.05, 3.63) is 75.3 Å². The molecule has 0 aliphatic heterocycles. The number of hydrogen-bond acceptors (Lipinski definition) is 3. The summed E-state index contributed by atoms with van der Waals surface area (Å²) in [5.74, 6) is -0.457. The van der Waals surface area contributed by atoms with Crippen LogP contribution in [0.2, 0.25) is 0 Å². The van der Waals surface area contributed by atoms with Gasteiger partial charge in [0, 0.05) is 18.1 Å². The molecule has 0 bridgehead atoms. The fourth-order valence-corrected chi connectivity index (χ4v) is 2.36. The van der Waals surface area contributed by atoms with Crippen molar-refractivity contribution in [2.45, 2.75) is 20.8 Å². The van der Waals surface area contributed by atoms with Crippen LogP contribution >= 0.6 is 0 Å². The molecule has 116 valence electrons. The van der Waals surface area contributed by atoms with E-state index in [1.54, 1.807) is 12.3 Å². The molecule has 0 fully saturated rings. The Morgan fingerprint density at radius 1 is 1.09 bits per heavy atom. The largest absolute Gasteiger partial charge is 0.322 e. The first kappa shape index (κ1) is 15.0. The number of fused-ring (bicyclic) bond motifs is 1. The van der Waals surface area contributed by atoms with Crippen molar-refractivity contribution < 1.29 is 4.79 Å². The standard InChI is InChI=1S/C18H17N3O2/c1-11-4-7-16-19-9-15(18(23)21(16)10-11)17(22)20-14-6-5-12(2)13(3)8-14/h4-10H,1-3H3,(H,20,22). The average Bonchev–Trinajstić information content (AvgIpc) is 2.52. The molecule has 3 rings (SSSR count).